The second kappa shape index (κ2) is 10.1. The average molecular weight is 464 g/mol. The fraction of sp³-hybridized carbons (Fsp3) is 0.250. The van der Waals surface area contributed by atoms with Crippen LogP contribution in [0.4, 0.5) is 0 Å². The van der Waals surface area contributed by atoms with Crippen LogP contribution in [0.2, 0.25) is 0 Å². The van der Waals surface area contributed by atoms with Crippen molar-refractivity contribution < 1.29 is 28.0 Å². The molecule has 3 heterocycles. The highest BCUT2D eigenvalue weighted by molar-refractivity contribution is 5.97. The summed E-state index contributed by atoms with van der Waals surface area (Å²) in [6, 6.07) is 12.9. The number of primary amides is 1. The minimum absolute atomic E-state index is 0.0616. The first-order valence-corrected chi connectivity index (χ1v) is 10.7. The number of carbonyl (C=O) groups excluding carboxylic acids is 4. The number of hydrogen-bond donors (Lipinski definition) is 3. The van der Waals surface area contributed by atoms with Crippen molar-refractivity contribution >= 4 is 23.6 Å². The largest absolute Gasteiger partial charge is 0.459 e. The average Bonchev–Trinajstić information content (AvgIpc) is 3.60. The Kier molecular flexibility index (Phi) is 6.77. The Balaban J connectivity index is 1.50. The number of carbonyl (C=O) groups is 4. The molecule has 1 fully saturated rings. The van der Waals surface area contributed by atoms with Gasteiger partial charge < -0.3 is 30.1 Å². The van der Waals surface area contributed by atoms with Crippen molar-refractivity contribution in [2.24, 2.45) is 5.73 Å². The van der Waals surface area contributed by atoms with E-state index in [1.165, 1.54) is 29.6 Å². The zero-order valence-electron chi connectivity index (χ0n) is 18.2. The minimum Gasteiger partial charge on any atom is -0.459 e. The van der Waals surface area contributed by atoms with Crippen molar-refractivity contribution in [2.45, 2.75) is 31.0 Å². The van der Waals surface area contributed by atoms with Gasteiger partial charge in [-0.2, -0.15) is 0 Å². The number of rotatable bonds is 8. The molecule has 4 N–H and O–H groups in total. The Labute approximate surface area is 195 Å². The number of amides is 4. The summed E-state index contributed by atoms with van der Waals surface area (Å²) in [5, 5.41) is 5.45. The van der Waals surface area contributed by atoms with E-state index in [0.717, 1.165) is 5.56 Å². The van der Waals surface area contributed by atoms with Crippen LogP contribution in [0.3, 0.4) is 0 Å². The van der Waals surface area contributed by atoms with Crippen LogP contribution in [-0.4, -0.2) is 53.2 Å². The predicted molar refractivity (Wildman–Crippen MR) is 119 cm³/mol. The molecule has 0 bridgehead atoms. The van der Waals surface area contributed by atoms with E-state index in [1.807, 2.05) is 30.3 Å². The highest BCUT2D eigenvalue weighted by Crippen LogP contribution is 2.22. The standard InChI is InChI=1S/C24H24N4O6/c25-21(29)17(12-15-6-2-1-3-7-15)27-22(30)18-13-16(26-23(31)19-8-4-10-33-19)14-28(18)24(32)20-9-5-11-34-20/h1-11,16-18H,12-14H2,(H2,25,29)(H,26,31)(H,27,30). The number of likely N-dealkylation sites (tertiary alicyclic amines) is 1. The van der Waals surface area contributed by atoms with Gasteiger partial charge in [0, 0.05) is 19.0 Å². The maximum Gasteiger partial charge on any atom is 0.290 e. The van der Waals surface area contributed by atoms with Crippen molar-refractivity contribution in [2.75, 3.05) is 6.54 Å². The Morgan fingerprint density at radius 3 is 2.26 bits per heavy atom. The van der Waals surface area contributed by atoms with Gasteiger partial charge in [-0.1, -0.05) is 30.3 Å². The van der Waals surface area contributed by atoms with Crippen molar-refractivity contribution in [3.05, 3.63) is 84.2 Å². The molecule has 34 heavy (non-hydrogen) atoms. The van der Waals surface area contributed by atoms with Crippen LogP contribution in [0.1, 0.15) is 33.1 Å². The lowest BCUT2D eigenvalue weighted by Gasteiger charge is -2.25. The first kappa shape index (κ1) is 22.8. The number of furan rings is 2. The Morgan fingerprint density at radius 2 is 1.65 bits per heavy atom. The monoisotopic (exact) mass is 464 g/mol. The predicted octanol–water partition coefficient (Wildman–Crippen LogP) is 1.10. The lowest BCUT2D eigenvalue weighted by molar-refractivity contribution is -0.129. The topological polar surface area (TPSA) is 148 Å². The third-order valence-corrected chi connectivity index (χ3v) is 5.62. The van der Waals surface area contributed by atoms with Crippen LogP contribution in [0, 0.1) is 0 Å². The molecule has 1 aliphatic rings. The lowest BCUT2D eigenvalue weighted by Crippen LogP contribution is -2.53. The SMILES string of the molecule is NC(=O)C(Cc1ccccc1)NC(=O)C1CC(NC(=O)c2ccco2)CN1C(=O)c1ccco1. The Morgan fingerprint density at radius 1 is 0.971 bits per heavy atom. The third kappa shape index (κ3) is 5.17. The van der Waals surface area contributed by atoms with Gasteiger partial charge in [0.05, 0.1) is 12.5 Å². The summed E-state index contributed by atoms with van der Waals surface area (Å²) in [4.78, 5) is 52.0. The summed E-state index contributed by atoms with van der Waals surface area (Å²) in [5.74, 6) is -2.02. The lowest BCUT2D eigenvalue weighted by atomic mass is 10.0. The molecule has 0 saturated carbocycles. The van der Waals surface area contributed by atoms with Gasteiger partial charge >= 0.3 is 0 Å². The molecule has 4 amide bonds. The van der Waals surface area contributed by atoms with Crippen LogP contribution >= 0.6 is 0 Å². The van der Waals surface area contributed by atoms with Crippen LogP contribution in [-0.2, 0) is 16.0 Å². The van der Waals surface area contributed by atoms with Crippen LogP contribution in [0.15, 0.2) is 76.0 Å². The number of hydrogen-bond acceptors (Lipinski definition) is 6. The molecule has 10 nitrogen and oxygen atoms in total. The number of benzene rings is 1. The van der Waals surface area contributed by atoms with Gasteiger partial charge in [-0.25, -0.2) is 0 Å². The third-order valence-electron chi connectivity index (χ3n) is 5.62. The number of nitrogens with zero attached hydrogens (tertiary/aromatic N) is 1. The molecule has 1 aromatic carbocycles. The summed E-state index contributed by atoms with van der Waals surface area (Å²) in [6.07, 6.45) is 3.09. The fourth-order valence-electron chi connectivity index (χ4n) is 3.96. The van der Waals surface area contributed by atoms with E-state index in [2.05, 4.69) is 10.6 Å². The van der Waals surface area contributed by atoms with Gasteiger partial charge in [0.25, 0.3) is 11.8 Å². The molecular formula is C24H24N4O6. The summed E-state index contributed by atoms with van der Waals surface area (Å²) >= 11 is 0. The Hall–Kier alpha value is -4.34. The second-order valence-electron chi connectivity index (χ2n) is 7.99. The molecule has 1 saturated heterocycles. The van der Waals surface area contributed by atoms with Crippen molar-refractivity contribution in [1.82, 2.24) is 15.5 Å². The van der Waals surface area contributed by atoms with E-state index in [9.17, 15) is 19.2 Å². The highest BCUT2D eigenvalue weighted by atomic mass is 16.3. The van der Waals surface area contributed by atoms with Gasteiger partial charge in [0.15, 0.2) is 11.5 Å². The molecule has 2 aromatic heterocycles. The van der Waals surface area contributed by atoms with Crippen LogP contribution in [0.5, 0.6) is 0 Å². The van der Waals surface area contributed by atoms with Gasteiger partial charge in [0.1, 0.15) is 12.1 Å². The maximum atomic E-state index is 13.2. The molecule has 1 aliphatic heterocycles. The van der Waals surface area contributed by atoms with Crippen molar-refractivity contribution in [3.8, 4) is 0 Å². The van der Waals surface area contributed by atoms with E-state index < -0.39 is 41.8 Å². The van der Waals surface area contributed by atoms with E-state index >= 15 is 0 Å². The molecule has 0 radical (unpaired) electrons. The van der Waals surface area contributed by atoms with E-state index in [0.29, 0.717) is 0 Å². The van der Waals surface area contributed by atoms with E-state index in [1.54, 1.807) is 12.1 Å². The fourth-order valence-corrected chi connectivity index (χ4v) is 3.96. The summed E-state index contributed by atoms with van der Waals surface area (Å²) < 4.78 is 10.3. The summed E-state index contributed by atoms with van der Waals surface area (Å²) in [7, 11) is 0. The first-order chi connectivity index (χ1) is 16.4. The normalized spacial score (nSPS) is 18.3. The second-order valence-corrected chi connectivity index (χ2v) is 7.99. The molecule has 0 aliphatic carbocycles. The van der Waals surface area contributed by atoms with Gasteiger partial charge in [0.2, 0.25) is 11.8 Å². The number of nitrogens with two attached hydrogens (primary N) is 1. The molecule has 3 unspecified atom stereocenters. The van der Waals surface area contributed by atoms with Gasteiger partial charge in [-0.15, -0.1) is 0 Å². The molecule has 176 valence electrons. The molecule has 3 atom stereocenters. The molecule has 10 heteroatoms. The minimum atomic E-state index is -0.966. The molecule has 4 rings (SSSR count). The van der Waals surface area contributed by atoms with Gasteiger partial charge in [-0.05, 0) is 36.2 Å². The van der Waals surface area contributed by atoms with Crippen LogP contribution in [0.25, 0.3) is 0 Å². The smallest absolute Gasteiger partial charge is 0.290 e. The Bertz CT molecular complexity index is 1140. The summed E-state index contributed by atoms with van der Waals surface area (Å²) in [5.41, 5.74) is 6.36. The van der Waals surface area contributed by atoms with Crippen molar-refractivity contribution in [1.29, 1.82) is 0 Å². The van der Waals surface area contributed by atoms with E-state index in [-0.39, 0.29) is 30.9 Å². The molecule has 0 spiro atoms. The van der Waals surface area contributed by atoms with Crippen molar-refractivity contribution in [3.63, 3.8) is 0 Å². The van der Waals surface area contributed by atoms with E-state index in [4.69, 9.17) is 14.6 Å². The zero-order chi connectivity index (χ0) is 24.1. The number of nitrogens with one attached hydrogen (secondary N) is 2. The van der Waals surface area contributed by atoms with Gasteiger partial charge in [-0.3, -0.25) is 19.2 Å². The molecular weight excluding hydrogens is 440 g/mol. The quantitative estimate of drug-likeness (QED) is 0.455. The summed E-state index contributed by atoms with van der Waals surface area (Å²) in [6.45, 7) is 0.0734. The maximum absolute atomic E-state index is 13.2. The van der Waals surface area contributed by atoms with Crippen LogP contribution < -0.4 is 16.4 Å². The first-order valence-electron chi connectivity index (χ1n) is 10.7. The zero-order valence-corrected chi connectivity index (χ0v) is 18.2. The highest BCUT2D eigenvalue weighted by Gasteiger charge is 2.42. The molecule has 3 aromatic rings.